The number of carbonyl (C=O) groups is 2. The second kappa shape index (κ2) is 5.70. The lowest BCUT2D eigenvalue weighted by Crippen LogP contribution is -2.45. The van der Waals surface area contributed by atoms with Crippen LogP contribution in [0.15, 0.2) is 35.5 Å². The van der Waals surface area contributed by atoms with Gasteiger partial charge in [-0.2, -0.15) is 13.2 Å². The van der Waals surface area contributed by atoms with Gasteiger partial charge in [0.2, 0.25) is 0 Å². The highest BCUT2D eigenvalue weighted by atomic mass is 19.4. The molecule has 0 radical (unpaired) electrons. The number of allylic oxidation sites excluding steroid dienone is 1. The first-order valence-corrected chi connectivity index (χ1v) is 6.27. The van der Waals surface area contributed by atoms with Crippen molar-refractivity contribution < 1.29 is 27.5 Å². The van der Waals surface area contributed by atoms with Crippen LogP contribution in [-0.4, -0.2) is 19.1 Å². The zero-order chi connectivity index (χ0) is 16.5. The van der Waals surface area contributed by atoms with Gasteiger partial charge < -0.3 is 15.4 Å². The summed E-state index contributed by atoms with van der Waals surface area (Å²) in [5.41, 5.74) is -0.427. The summed E-state index contributed by atoms with van der Waals surface area (Å²) in [6, 6.07) is 2.82. The Labute approximate surface area is 124 Å². The van der Waals surface area contributed by atoms with Crippen molar-refractivity contribution in [3.63, 3.8) is 0 Å². The fourth-order valence-corrected chi connectivity index (χ4v) is 2.22. The molecule has 118 valence electrons. The molecule has 0 aliphatic carbocycles. The summed E-state index contributed by atoms with van der Waals surface area (Å²) < 4.78 is 43.1. The second-order valence-corrected chi connectivity index (χ2v) is 4.68. The lowest BCUT2D eigenvalue weighted by atomic mass is 9.94. The molecular weight excluding hydrogens is 301 g/mol. The second-order valence-electron chi connectivity index (χ2n) is 4.68. The molecule has 0 fully saturated rings. The molecule has 0 saturated heterocycles. The maximum absolute atomic E-state index is 12.8. The number of rotatable bonds is 2. The fourth-order valence-electron chi connectivity index (χ4n) is 2.22. The smallest absolute Gasteiger partial charge is 0.416 e. The van der Waals surface area contributed by atoms with E-state index in [1.165, 1.54) is 19.1 Å². The summed E-state index contributed by atoms with van der Waals surface area (Å²) in [4.78, 5) is 23.4. The zero-order valence-corrected chi connectivity index (χ0v) is 11.7. The van der Waals surface area contributed by atoms with Crippen LogP contribution in [0.4, 0.5) is 18.0 Å². The van der Waals surface area contributed by atoms with E-state index in [0.717, 1.165) is 19.2 Å². The van der Waals surface area contributed by atoms with Crippen molar-refractivity contribution in [2.75, 3.05) is 7.11 Å². The quantitative estimate of drug-likeness (QED) is 0.824. The molecule has 1 aliphatic rings. The van der Waals surface area contributed by atoms with Gasteiger partial charge in [0.1, 0.15) is 0 Å². The number of benzene rings is 1. The molecular formula is C14H13F3N2O3. The molecule has 1 aromatic rings. The molecule has 22 heavy (non-hydrogen) atoms. The van der Waals surface area contributed by atoms with Crippen LogP contribution >= 0.6 is 0 Å². The standard InChI is InChI=1S/C14H13F3N2O3/c1-7-10(12(20)22-2)11(19-13(21)18-7)8-4-3-5-9(6-8)14(15,16)17/h3-6,11H,1-2H3,(H2,18,19,21). The minimum atomic E-state index is -4.52. The molecule has 1 aromatic carbocycles. The van der Waals surface area contributed by atoms with E-state index in [1.54, 1.807) is 0 Å². The fraction of sp³-hybridized carbons (Fsp3) is 0.286. The van der Waals surface area contributed by atoms with Crippen LogP contribution in [0.1, 0.15) is 24.1 Å². The molecule has 1 heterocycles. The Bertz CT molecular complexity index is 653. The summed E-state index contributed by atoms with van der Waals surface area (Å²) in [6.45, 7) is 1.48. The molecule has 5 nitrogen and oxygen atoms in total. The Hall–Kier alpha value is -2.51. The van der Waals surface area contributed by atoms with E-state index < -0.39 is 29.8 Å². The average Bonchev–Trinajstić information content (AvgIpc) is 2.45. The van der Waals surface area contributed by atoms with Crippen LogP contribution in [0, 0.1) is 0 Å². The van der Waals surface area contributed by atoms with E-state index in [0.29, 0.717) is 0 Å². The minimum absolute atomic E-state index is 0.0569. The molecule has 1 atom stereocenters. The maximum Gasteiger partial charge on any atom is 0.416 e. The highest BCUT2D eigenvalue weighted by Gasteiger charge is 2.35. The summed E-state index contributed by atoms with van der Waals surface area (Å²) in [5, 5.41) is 4.83. The molecule has 0 saturated carbocycles. The van der Waals surface area contributed by atoms with Gasteiger partial charge in [0.05, 0.1) is 24.3 Å². The normalized spacial score (nSPS) is 18.6. The number of hydrogen-bond acceptors (Lipinski definition) is 3. The van der Waals surface area contributed by atoms with Crippen molar-refractivity contribution in [2.45, 2.75) is 19.1 Å². The SMILES string of the molecule is COC(=O)C1=C(C)NC(=O)NC1c1cccc(C(F)(F)F)c1. The number of halogens is 3. The molecule has 2 N–H and O–H groups in total. The van der Waals surface area contributed by atoms with E-state index in [1.807, 2.05) is 0 Å². The number of carbonyl (C=O) groups excluding carboxylic acids is 2. The van der Waals surface area contributed by atoms with Gasteiger partial charge in [0, 0.05) is 5.70 Å². The molecule has 2 rings (SSSR count). The first-order valence-electron chi connectivity index (χ1n) is 6.27. The van der Waals surface area contributed by atoms with Crippen molar-refractivity contribution in [3.05, 3.63) is 46.7 Å². The monoisotopic (exact) mass is 314 g/mol. The third-order valence-electron chi connectivity index (χ3n) is 3.22. The predicted octanol–water partition coefficient (Wildman–Crippen LogP) is 2.51. The molecule has 2 amide bonds. The average molecular weight is 314 g/mol. The third kappa shape index (κ3) is 3.05. The molecule has 8 heteroatoms. The van der Waals surface area contributed by atoms with Crippen molar-refractivity contribution in [3.8, 4) is 0 Å². The van der Waals surface area contributed by atoms with Gasteiger partial charge in [-0.15, -0.1) is 0 Å². The van der Waals surface area contributed by atoms with Crippen molar-refractivity contribution in [1.29, 1.82) is 0 Å². The van der Waals surface area contributed by atoms with Gasteiger partial charge in [-0.05, 0) is 24.6 Å². The Balaban J connectivity index is 2.51. The van der Waals surface area contributed by atoms with Gasteiger partial charge in [0.25, 0.3) is 0 Å². The number of amides is 2. The predicted molar refractivity (Wildman–Crippen MR) is 70.6 cm³/mol. The topological polar surface area (TPSA) is 67.4 Å². The van der Waals surface area contributed by atoms with Crippen molar-refractivity contribution in [2.24, 2.45) is 0 Å². The number of urea groups is 1. The van der Waals surface area contributed by atoms with Crippen LogP contribution in [0.2, 0.25) is 0 Å². The van der Waals surface area contributed by atoms with Crippen LogP contribution in [-0.2, 0) is 15.7 Å². The lowest BCUT2D eigenvalue weighted by molar-refractivity contribution is -0.137. The third-order valence-corrected chi connectivity index (χ3v) is 3.22. The van der Waals surface area contributed by atoms with Gasteiger partial charge in [-0.25, -0.2) is 9.59 Å². The van der Waals surface area contributed by atoms with E-state index in [-0.39, 0.29) is 16.8 Å². The van der Waals surface area contributed by atoms with E-state index in [9.17, 15) is 22.8 Å². The first kappa shape index (κ1) is 15.9. The Kier molecular flexibility index (Phi) is 4.11. The van der Waals surface area contributed by atoms with E-state index in [2.05, 4.69) is 15.4 Å². The minimum Gasteiger partial charge on any atom is -0.466 e. The van der Waals surface area contributed by atoms with Gasteiger partial charge in [-0.1, -0.05) is 12.1 Å². The van der Waals surface area contributed by atoms with Gasteiger partial charge in [0.15, 0.2) is 0 Å². The van der Waals surface area contributed by atoms with Crippen LogP contribution in [0.3, 0.4) is 0 Å². The number of alkyl halides is 3. The first-order chi connectivity index (χ1) is 10.2. The highest BCUT2D eigenvalue weighted by molar-refractivity contribution is 5.94. The summed E-state index contributed by atoms with van der Waals surface area (Å²) in [7, 11) is 1.15. The Morgan fingerprint density at radius 1 is 1.32 bits per heavy atom. The zero-order valence-electron chi connectivity index (χ0n) is 11.7. The maximum atomic E-state index is 12.8. The molecule has 0 spiro atoms. The van der Waals surface area contributed by atoms with Crippen molar-refractivity contribution in [1.82, 2.24) is 10.6 Å². The van der Waals surface area contributed by atoms with Crippen LogP contribution in [0.5, 0.6) is 0 Å². The van der Waals surface area contributed by atoms with Gasteiger partial charge >= 0.3 is 18.2 Å². The largest absolute Gasteiger partial charge is 0.466 e. The lowest BCUT2D eigenvalue weighted by Gasteiger charge is -2.28. The van der Waals surface area contributed by atoms with E-state index >= 15 is 0 Å². The summed E-state index contributed by atoms with van der Waals surface area (Å²) in [5.74, 6) is -0.729. The van der Waals surface area contributed by atoms with Crippen molar-refractivity contribution >= 4 is 12.0 Å². The number of methoxy groups -OCH3 is 1. The number of nitrogens with one attached hydrogen (secondary N) is 2. The molecule has 0 aromatic heterocycles. The highest BCUT2D eigenvalue weighted by Crippen LogP contribution is 2.33. The van der Waals surface area contributed by atoms with Crippen LogP contribution < -0.4 is 10.6 Å². The number of esters is 1. The van der Waals surface area contributed by atoms with Crippen LogP contribution in [0.25, 0.3) is 0 Å². The molecule has 1 aliphatic heterocycles. The Morgan fingerprint density at radius 3 is 2.59 bits per heavy atom. The Morgan fingerprint density at radius 2 is 2.00 bits per heavy atom. The summed E-state index contributed by atoms with van der Waals surface area (Å²) >= 11 is 0. The number of hydrogen-bond donors (Lipinski definition) is 2. The number of ether oxygens (including phenoxy) is 1. The molecule has 0 bridgehead atoms. The summed E-state index contributed by atoms with van der Waals surface area (Å²) in [6.07, 6.45) is -4.52. The van der Waals surface area contributed by atoms with E-state index in [4.69, 9.17) is 0 Å². The van der Waals surface area contributed by atoms with Gasteiger partial charge in [-0.3, -0.25) is 0 Å². The molecule has 1 unspecified atom stereocenters.